The van der Waals surface area contributed by atoms with Gasteiger partial charge in [-0.15, -0.1) is 0 Å². The zero-order chi connectivity index (χ0) is 20.1. The summed E-state index contributed by atoms with van der Waals surface area (Å²) in [5.41, 5.74) is 2.99. The smallest absolute Gasteiger partial charge is 0.315 e. The van der Waals surface area contributed by atoms with Crippen LogP contribution in [-0.2, 0) is 6.54 Å². The molecular formula is C21H25N7O. The maximum atomic E-state index is 12.3. The van der Waals surface area contributed by atoms with E-state index in [1.807, 2.05) is 43.5 Å². The first kappa shape index (κ1) is 18.9. The Hall–Kier alpha value is -3.42. The average Bonchev–Trinajstić information content (AvgIpc) is 3.47. The van der Waals surface area contributed by atoms with Crippen molar-refractivity contribution < 1.29 is 4.79 Å². The van der Waals surface area contributed by atoms with Gasteiger partial charge in [-0.1, -0.05) is 12.1 Å². The molecule has 8 nitrogen and oxygen atoms in total. The number of benzene rings is 1. The second kappa shape index (κ2) is 8.72. The van der Waals surface area contributed by atoms with E-state index in [1.54, 1.807) is 11.0 Å². The number of nitrogens with zero attached hydrogens (tertiary/aromatic N) is 5. The van der Waals surface area contributed by atoms with Crippen molar-refractivity contribution >= 4 is 11.8 Å². The van der Waals surface area contributed by atoms with E-state index in [9.17, 15) is 4.79 Å². The monoisotopic (exact) mass is 391 g/mol. The Bertz CT molecular complexity index is 934. The Kier molecular flexibility index (Phi) is 5.69. The predicted octanol–water partition coefficient (Wildman–Crippen LogP) is 2.82. The first-order valence-corrected chi connectivity index (χ1v) is 9.88. The van der Waals surface area contributed by atoms with Crippen molar-refractivity contribution in [3.05, 3.63) is 66.4 Å². The molecule has 1 unspecified atom stereocenters. The molecule has 1 atom stereocenters. The van der Waals surface area contributed by atoms with Gasteiger partial charge in [0.05, 0.1) is 11.7 Å². The fraction of sp³-hybridized carbons (Fsp3) is 0.333. The standard InChI is InChI=1S/C21H25N7O/c1-16(18-4-6-19(7-5-18)28-15-22-14-25-28)26-21(29)24-13-17-8-9-23-20(12-17)27-10-2-3-11-27/h4-9,12,14-16H,2-3,10-11,13H2,1H3,(H2,24,26,29). The largest absolute Gasteiger partial charge is 0.357 e. The molecule has 1 aliphatic rings. The van der Waals surface area contributed by atoms with Gasteiger partial charge in [0.15, 0.2) is 0 Å². The summed E-state index contributed by atoms with van der Waals surface area (Å²) in [6, 6.07) is 11.5. The molecule has 3 aromatic rings. The second-order valence-electron chi connectivity index (χ2n) is 7.20. The lowest BCUT2D eigenvalue weighted by Crippen LogP contribution is -2.36. The van der Waals surface area contributed by atoms with Gasteiger partial charge in [0.25, 0.3) is 0 Å². The number of rotatable bonds is 6. The highest BCUT2D eigenvalue weighted by Crippen LogP contribution is 2.18. The number of carbonyl (C=O) groups excluding carboxylic acids is 1. The van der Waals surface area contributed by atoms with Crippen LogP contribution in [0.3, 0.4) is 0 Å². The van der Waals surface area contributed by atoms with Crippen molar-refractivity contribution in [1.29, 1.82) is 0 Å². The van der Waals surface area contributed by atoms with Crippen LogP contribution in [0.2, 0.25) is 0 Å². The van der Waals surface area contributed by atoms with E-state index in [1.165, 1.54) is 19.2 Å². The summed E-state index contributed by atoms with van der Waals surface area (Å²) < 4.78 is 1.69. The lowest BCUT2D eigenvalue weighted by Gasteiger charge is -2.18. The molecule has 0 bridgehead atoms. The molecule has 1 aromatic carbocycles. The predicted molar refractivity (Wildman–Crippen MR) is 111 cm³/mol. The average molecular weight is 391 g/mol. The summed E-state index contributed by atoms with van der Waals surface area (Å²) in [4.78, 5) is 23.0. The van der Waals surface area contributed by atoms with Gasteiger partial charge in [0.2, 0.25) is 0 Å². The summed E-state index contributed by atoms with van der Waals surface area (Å²) in [5, 5.41) is 10.0. The molecule has 150 valence electrons. The van der Waals surface area contributed by atoms with Crippen LogP contribution in [-0.4, -0.2) is 38.9 Å². The molecule has 0 spiro atoms. The minimum Gasteiger partial charge on any atom is -0.357 e. The molecule has 1 saturated heterocycles. The van der Waals surface area contributed by atoms with Crippen molar-refractivity contribution in [2.45, 2.75) is 32.4 Å². The number of hydrogen-bond donors (Lipinski definition) is 2. The SMILES string of the molecule is CC(NC(=O)NCc1ccnc(N2CCCC2)c1)c1ccc(-n2cncn2)cc1. The minimum atomic E-state index is -0.197. The summed E-state index contributed by atoms with van der Waals surface area (Å²) in [5.74, 6) is 0.989. The zero-order valence-corrected chi connectivity index (χ0v) is 16.5. The Morgan fingerprint density at radius 3 is 2.69 bits per heavy atom. The van der Waals surface area contributed by atoms with Crippen molar-refractivity contribution in [3.8, 4) is 5.69 Å². The highest BCUT2D eigenvalue weighted by Gasteiger charge is 2.14. The maximum Gasteiger partial charge on any atom is 0.315 e. The van der Waals surface area contributed by atoms with Gasteiger partial charge in [-0.05, 0) is 55.2 Å². The van der Waals surface area contributed by atoms with Gasteiger partial charge in [0.1, 0.15) is 18.5 Å². The fourth-order valence-electron chi connectivity index (χ4n) is 3.46. The van der Waals surface area contributed by atoms with Crippen LogP contribution in [0.4, 0.5) is 10.6 Å². The van der Waals surface area contributed by atoms with Gasteiger partial charge < -0.3 is 15.5 Å². The van der Waals surface area contributed by atoms with E-state index in [4.69, 9.17) is 0 Å². The molecule has 0 radical (unpaired) electrons. The molecule has 29 heavy (non-hydrogen) atoms. The number of aromatic nitrogens is 4. The van der Waals surface area contributed by atoms with E-state index >= 15 is 0 Å². The number of urea groups is 1. The van der Waals surface area contributed by atoms with E-state index in [2.05, 4.69) is 36.7 Å². The number of amides is 2. The van der Waals surface area contributed by atoms with Crippen LogP contribution >= 0.6 is 0 Å². The van der Waals surface area contributed by atoms with Crippen molar-refractivity contribution in [1.82, 2.24) is 30.4 Å². The third kappa shape index (κ3) is 4.71. The number of nitrogens with one attached hydrogen (secondary N) is 2. The molecule has 8 heteroatoms. The van der Waals surface area contributed by atoms with E-state index < -0.39 is 0 Å². The molecule has 2 N–H and O–H groups in total. The van der Waals surface area contributed by atoms with E-state index in [-0.39, 0.29) is 12.1 Å². The highest BCUT2D eigenvalue weighted by atomic mass is 16.2. The first-order chi connectivity index (χ1) is 14.2. The van der Waals surface area contributed by atoms with Gasteiger partial charge in [-0.25, -0.2) is 19.4 Å². The van der Waals surface area contributed by atoms with Crippen LogP contribution < -0.4 is 15.5 Å². The Morgan fingerprint density at radius 2 is 1.97 bits per heavy atom. The fourth-order valence-corrected chi connectivity index (χ4v) is 3.46. The lowest BCUT2D eigenvalue weighted by molar-refractivity contribution is 0.237. The Labute approximate surface area is 170 Å². The molecular weight excluding hydrogens is 366 g/mol. The van der Waals surface area contributed by atoms with Gasteiger partial charge in [-0.3, -0.25) is 0 Å². The number of pyridine rings is 1. The maximum absolute atomic E-state index is 12.3. The van der Waals surface area contributed by atoms with Crippen molar-refractivity contribution in [2.24, 2.45) is 0 Å². The molecule has 4 rings (SSSR count). The number of anilines is 1. The van der Waals surface area contributed by atoms with Crippen LogP contribution in [0.1, 0.15) is 36.9 Å². The highest BCUT2D eigenvalue weighted by molar-refractivity contribution is 5.74. The van der Waals surface area contributed by atoms with Crippen molar-refractivity contribution in [2.75, 3.05) is 18.0 Å². The molecule has 0 aliphatic carbocycles. The third-order valence-corrected chi connectivity index (χ3v) is 5.12. The summed E-state index contributed by atoms with van der Waals surface area (Å²) >= 11 is 0. The summed E-state index contributed by atoms with van der Waals surface area (Å²) in [7, 11) is 0. The van der Waals surface area contributed by atoms with Crippen molar-refractivity contribution in [3.63, 3.8) is 0 Å². The second-order valence-corrected chi connectivity index (χ2v) is 7.20. The first-order valence-electron chi connectivity index (χ1n) is 9.88. The Morgan fingerprint density at radius 1 is 1.17 bits per heavy atom. The topological polar surface area (TPSA) is 88.0 Å². The van der Waals surface area contributed by atoms with Crippen LogP contribution in [0, 0.1) is 0 Å². The zero-order valence-electron chi connectivity index (χ0n) is 16.5. The molecule has 0 saturated carbocycles. The van der Waals surface area contributed by atoms with Crippen LogP contribution in [0.5, 0.6) is 0 Å². The third-order valence-electron chi connectivity index (χ3n) is 5.12. The molecule has 1 aliphatic heterocycles. The lowest BCUT2D eigenvalue weighted by atomic mass is 10.1. The van der Waals surface area contributed by atoms with E-state index in [0.29, 0.717) is 6.54 Å². The van der Waals surface area contributed by atoms with Gasteiger partial charge in [0, 0.05) is 25.8 Å². The Balaban J connectivity index is 1.29. The number of carbonyl (C=O) groups is 1. The number of hydrogen-bond acceptors (Lipinski definition) is 5. The van der Waals surface area contributed by atoms with Gasteiger partial charge in [-0.2, -0.15) is 5.10 Å². The normalized spacial score (nSPS) is 14.6. The summed E-state index contributed by atoms with van der Waals surface area (Å²) in [6.45, 7) is 4.53. The quantitative estimate of drug-likeness (QED) is 0.675. The molecule has 2 aromatic heterocycles. The summed E-state index contributed by atoms with van der Waals surface area (Å²) in [6.07, 6.45) is 7.38. The molecule has 1 fully saturated rings. The minimum absolute atomic E-state index is 0.114. The molecule has 2 amide bonds. The molecule has 3 heterocycles. The van der Waals surface area contributed by atoms with Gasteiger partial charge >= 0.3 is 6.03 Å². The van der Waals surface area contributed by atoms with Crippen LogP contribution in [0.25, 0.3) is 5.69 Å². The van der Waals surface area contributed by atoms with Crippen LogP contribution in [0.15, 0.2) is 55.2 Å². The van der Waals surface area contributed by atoms with E-state index in [0.717, 1.165) is 35.7 Å².